The van der Waals surface area contributed by atoms with Gasteiger partial charge in [-0.2, -0.15) is 13.2 Å². The molecule has 0 N–H and O–H groups in total. The standard InChI is InChI=1S/C16H9ClF3N3O2S2/c17-12-3-1-10(2-4-12)14-21-22-15(27-14)26-8-9-5-11(16(18,19)20)7-13(6-9)23(24)25/h1-7H,8H2. The molecule has 0 fully saturated rings. The zero-order valence-electron chi connectivity index (χ0n) is 13.2. The van der Waals surface area contributed by atoms with E-state index in [0.29, 0.717) is 20.4 Å². The molecule has 0 saturated carbocycles. The highest BCUT2D eigenvalue weighted by molar-refractivity contribution is 8.00. The molecule has 3 aromatic rings. The molecular formula is C16H9ClF3N3O2S2. The van der Waals surface area contributed by atoms with Crippen LogP contribution in [0.25, 0.3) is 10.6 Å². The number of alkyl halides is 3. The van der Waals surface area contributed by atoms with Gasteiger partial charge in [-0.15, -0.1) is 10.2 Å². The summed E-state index contributed by atoms with van der Waals surface area (Å²) in [4.78, 5) is 10.1. The van der Waals surface area contributed by atoms with Gasteiger partial charge in [-0.3, -0.25) is 10.1 Å². The first-order valence-corrected chi connectivity index (χ1v) is 9.48. The van der Waals surface area contributed by atoms with E-state index in [4.69, 9.17) is 11.6 Å². The number of aromatic nitrogens is 2. The largest absolute Gasteiger partial charge is 0.416 e. The first-order valence-electron chi connectivity index (χ1n) is 7.30. The zero-order valence-corrected chi connectivity index (χ0v) is 15.6. The van der Waals surface area contributed by atoms with E-state index >= 15 is 0 Å². The van der Waals surface area contributed by atoms with Gasteiger partial charge in [0.1, 0.15) is 5.01 Å². The van der Waals surface area contributed by atoms with E-state index in [0.717, 1.165) is 29.5 Å². The summed E-state index contributed by atoms with van der Waals surface area (Å²) in [5.41, 5.74) is -0.644. The van der Waals surface area contributed by atoms with Gasteiger partial charge in [0.2, 0.25) is 0 Å². The number of hydrogen-bond acceptors (Lipinski definition) is 6. The summed E-state index contributed by atoms with van der Waals surface area (Å²) in [6.45, 7) is 0. The van der Waals surface area contributed by atoms with Crippen LogP contribution < -0.4 is 0 Å². The number of nitrogens with zero attached hydrogens (tertiary/aromatic N) is 3. The normalized spacial score (nSPS) is 11.6. The molecule has 0 atom stereocenters. The molecule has 5 nitrogen and oxygen atoms in total. The molecule has 27 heavy (non-hydrogen) atoms. The number of hydrogen-bond donors (Lipinski definition) is 0. The minimum Gasteiger partial charge on any atom is -0.258 e. The molecule has 0 unspecified atom stereocenters. The van der Waals surface area contributed by atoms with Crippen LogP contribution >= 0.6 is 34.7 Å². The molecule has 0 saturated heterocycles. The first kappa shape index (κ1) is 19.6. The number of halogens is 4. The van der Waals surface area contributed by atoms with Gasteiger partial charge in [0.25, 0.3) is 5.69 Å². The Morgan fingerprint density at radius 2 is 1.85 bits per heavy atom. The van der Waals surface area contributed by atoms with E-state index < -0.39 is 22.4 Å². The summed E-state index contributed by atoms with van der Waals surface area (Å²) in [5.74, 6) is 0.0972. The summed E-state index contributed by atoms with van der Waals surface area (Å²) in [6, 6.07) is 9.56. The molecular weight excluding hydrogens is 423 g/mol. The number of thioether (sulfide) groups is 1. The number of benzene rings is 2. The van der Waals surface area contributed by atoms with E-state index in [1.807, 2.05) is 0 Å². The van der Waals surface area contributed by atoms with Crippen molar-refractivity contribution in [3.63, 3.8) is 0 Å². The third kappa shape index (κ3) is 4.96. The highest BCUT2D eigenvalue weighted by Crippen LogP contribution is 2.35. The van der Waals surface area contributed by atoms with Crippen LogP contribution in [0.5, 0.6) is 0 Å². The van der Waals surface area contributed by atoms with Crippen LogP contribution in [-0.2, 0) is 11.9 Å². The third-order valence-corrected chi connectivity index (χ3v) is 5.80. The lowest BCUT2D eigenvalue weighted by Gasteiger charge is -2.08. The second-order valence-corrected chi connectivity index (χ2v) is 7.95. The quantitative estimate of drug-likeness (QED) is 0.278. The van der Waals surface area contributed by atoms with Gasteiger partial charge in [0.15, 0.2) is 4.34 Å². The van der Waals surface area contributed by atoms with Crippen LogP contribution in [0.15, 0.2) is 46.8 Å². The van der Waals surface area contributed by atoms with Crippen LogP contribution in [0.1, 0.15) is 11.1 Å². The van der Waals surface area contributed by atoms with Crippen molar-refractivity contribution in [2.45, 2.75) is 16.3 Å². The smallest absolute Gasteiger partial charge is 0.258 e. The molecule has 0 aliphatic heterocycles. The molecule has 1 aromatic heterocycles. The van der Waals surface area contributed by atoms with Crippen molar-refractivity contribution < 1.29 is 18.1 Å². The van der Waals surface area contributed by atoms with E-state index in [1.165, 1.54) is 11.3 Å². The Morgan fingerprint density at radius 1 is 1.15 bits per heavy atom. The van der Waals surface area contributed by atoms with E-state index in [1.54, 1.807) is 24.3 Å². The monoisotopic (exact) mass is 431 g/mol. The van der Waals surface area contributed by atoms with Crippen LogP contribution in [0.4, 0.5) is 18.9 Å². The summed E-state index contributed by atoms with van der Waals surface area (Å²) in [5, 5.41) is 20.2. The topological polar surface area (TPSA) is 68.9 Å². The van der Waals surface area contributed by atoms with E-state index in [2.05, 4.69) is 10.2 Å². The van der Waals surface area contributed by atoms with Gasteiger partial charge in [-0.1, -0.05) is 46.8 Å². The lowest BCUT2D eigenvalue weighted by atomic mass is 10.1. The van der Waals surface area contributed by atoms with Crippen LogP contribution in [0.2, 0.25) is 5.02 Å². The summed E-state index contributed by atoms with van der Waals surface area (Å²) in [6.07, 6.45) is -4.66. The SMILES string of the molecule is O=[N+]([O-])c1cc(CSc2nnc(-c3ccc(Cl)cc3)s2)cc(C(F)(F)F)c1. The Bertz CT molecular complexity index is 978. The zero-order chi connectivity index (χ0) is 19.6. The molecule has 0 spiro atoms. The maximum Gasteiger partial charge on any atom is 0.416 e. The molecule has 0 aliphatic carbocycles. The number of non-ortho nitro benzene ring substituents is 1. The van der Waals surface area contributed by atoms with Crippen molar-refractivity contribution in [3.8, 4) is 10.6 Å². The van der Waals surface area contributed by atoms with Gasteiger partial charge in [0.05, 0.1) is 10.5 Å². The second kappa shape index (κ2) is 7.83. The van der Waals surface area contributed by atoms with Crippen molar-refractivity contribution in [1.82, 2.24) is 10.2 Å². The first-order chi connectivity index (χ1) is 12.7. The van der Waals surface area contributed by atoms with Crippen molar-refractivity contribution in [3.05, 3.63) is 68.7 Å². The Morgan fingerprint density at radius 3 is 2.48 bits per heavy atom. The Hall–Kier alpha value is -2.17. The predicted octanol–water partition coefficient (Wildman–Crippen LogP) is 6.08. The van der Waals surface area contributed by atoms with E-state index in [9.17, 15) is 23.3 Å². The average molecular weight is 432 g/mol. The lowest BCUT2D eigenvalue weighted by Crippen LogP contribution is -2.06. The van der Waals surface area contributed by atoms with Crippen molar-refractivity contribution in [1.29, 1.82) is 0 Å². The molecule has 2 aromatic carbocycles. The molecule has 3 rings (SSSR count). The summed E-state index contributed by atoms with van der Waals surface area (Å²) < 4.78 is 39.3. The number of rotatable bonds is 5. The second-order valence-electron chi connectivity index (χ2n) is 5.31. The van der Waals surface area contributed by atoms with Crippen molar-refractivity contribution >= 4 is 40.4 Å². The number of nitro benzene ring substituents is 1. The van der Waals surface area contributed by atoms with Gasteiger partial charge >= 0.3 is 6.18 Å². The van der Waals surface area contributed by atoms with Crippen LogP contribution in [0, 0.1) is 10.1 Å². The van der Waals surface area contributed by atoms with Gasteiger partial charge in [0, 0.05) is 28.5 Å². The fourth-order valence-electron chi connectivity index (χ4n) is 2.15. The summed E-state index contributed by atoms with van der Waals surface area (Å²) in [7, 11) is 0. The van der Waals surface area contributed by atoms with Gasteiger partial charge in [-0.05, 0) is 23.8 Å². The minimum atomic E-state index is -4.66. The van der Waals surface area contributed by atoms with Gasteiger partial charge in [-0.25, -0.2) is 0 Å². The van der Waals surface area contributed by atoms with E-state index in [-0.39, 0.29) is 11.3 Å². The Labute approximate surface area is 164 Å². The highest BCUT2D eigenvalue weighted by atomic mass is 35.5. The molecule has 1 heterocycles. The van der Waals surface area contributed by atoms with Crippen molar-refractivity contribution in [2.75, 3.05) is 0 Å². The highest BCUT2D eigenvalue weighted by Gasteiger charge is 2.32. The maximum atomic E-state index is 12.9. The molecule has 140 valence electrons. The lowest BCUT2D eigenvalue weighted by molar-refractivity contribution is -0.385. The molecule has 0 radical (unpaired) electrons. The fraction of sp³-hybridized carbons (Fsp3) is 0.125. The molecule has 0 amide bonds. The Kier molecular flexibility index (Phi) is 5.68. The third-order valence-electron chi connectivity index (χ3n) is 3.38. The fourth-order valence-corrected chi connectivity index (χ4v) is 4.06. The number of nitro groups is 1. The molecule has 11 heteroatoms. The average Bonchev–Trinajstić information content (AvgIpc) is 3.08. The molecule has 0 bridgehead atoms. The predicted molar refractivity (Wildman–Crippen MR) is 98.0 cm³/mol. The van der Waals surface area contributed by atoms with Crippen LogP contribution in [0.3, 0.4) is 0 Å². The van der Waals surface area contributed by atoms with Gasteiger partial charge < -0.3 is 0 Å². The summed E-state index contributed by atoms with van der Waals surface area (Å²) >= 11 is 8.27. The minimum absolute atomic E-state index is 0.0972. The Balaban J connectivity index is 1.78. The van der Waals surface area contributed by atoms with Crippen LogP contribution in [-0.4, -0.2) is 15.1 Å². The maximum absolute atomic E-state index is 12.9. The van der Waals surface area contributed by atoms with Crippen molar-refractivity contribution in [2.24, 2.45) is 0 Å². The molecule has 0 aliphatic rings.